The van der Waals surface area contributed by atoms with Gasteiger partial charge in [-0.05, 0) is 57.5 Å². The maximum Gasteiger partial charge on any atom is 0.182 e. The van der Waals surface area contributed by atoms with E-state index in [2.05, 4.69) is 36.8 Å². The number of aromatic nitrogens is 5. The molecule has 0 saturated carbocycles. The number of nitrogens with one attached hydrogen (secondary N) is 1. The fourth-order valence-electron chi connectivity index (χ4n) is 4.23. The third-order valence-electron chi connectivity index (χ3n) is 6.03. The number of fused-ring (bicyclic) bond motifs is 1. The zero-order valence-corrected chi connectivity index (χ0v) is 19.8. The molecule has 0 radical (unpaired) electrons. The maximum atomic E-state index is 14.6. The van der Waals surface area contributed by atoms with Crippen LogP contribution >= 0.6 is 0 Å². The molecule has 1 fully saturated rings. The summed E-state index contributed by atoms with van der Waals surface area (Å²) in [5, 5.41) is 12.7. The number of benzene rings is 1. The second kappa shape index (κ2) is 10.2. The fourth-order valence-corrected chi connectivity index (χ4v) is 4.23. The Morgan fingerprint density at radius 3 is 2.65 bits per heavy atom. The van der Waals surface area contributed by atoms with Crippen LogP contribution in [0.2, 0.25) is 0 Å². The van der Waals surface area contributed by atoms with Crippen LogP contribution < -0.4 is 11.5 Å². The van der Waals surface area contributed by atoms with Crippen molar-refractivity contribution in [3.05, 3.63) is 47.8 Å². The van der Waals surface area contributed by atoms with Gasteiger partial charge in [0.2, 0.25) is 0 Å². The van der Waals surface area contributed by atoms with E-state index in [1.54, 1.807) is 0 Å². The monoisotopic (exact) mass is 465 g/mol. The molecule has 1 aromatic carbocycles. The van der Waals surface area contributed by atoms with Crippen molar-refractivity contribution in [1.29, 1.82) is 0 Å². The minimum absolute atomic E-state index is 0.0314. The average Bonchev–Trinajstić information content (AvgIpc) is 3.48. The molecule has 34 heavy (non-hydrogen) atoms. The topological polar surface area (TPSA) is 127 Å². The summed E-state index contributed by atoms with van der Waals surface area (Å²) < 4.78 is 16.6. The first kappa shape index (κ1) is 23.6. The largest absolute Gasteiger partial charge is 0.400 e. The van der Waals surface area contributed by atoms with Crippen molar-refractivity contribution in [2.45, 2.75) is 39.7 Å². The molecule has 3 aromatic rings. The Labute approximate surface area is 198 Å². The van der Waals surface area contributed by atoms with Gasteiger partial charge in [-0.25, -0.2) is 9.37 Å². The lowest BCUT2D eigenvalue weighted by Crippen LogP contribution is -2.32. The van der Waals surface area contributed by atoms with Gasteiger partial charge >= 0.3 is 0 Å². The number of aliphatic imine (C=N–C) groups is 1. The van der Waals surface area contributed by atoms with Gasteiger partial charge in [0.25, 0.3) is 0 Å². The van der Waals surface area contributed by atoms with Crippen molar-refractivity contribution < 1.29 is 4.39 Å². The minimum atomic E-state index is -0.621. The van der Waals surface area contributed by atoms with Gasteiger partial charge in [0.1, 0.15) is 5.71 Å². The van der Waals surface area contributed by atoms with Crippen LogP contribution in [0.4, 0.5) is 4.39 Å². The number of halogens is 1. The number of nitrogens with two attached hydrogens (primary N) is 2. The molecule has 5 N–H and O–H groups in total. The third kappa shape index (κ3) is 4.86. The first-order valence-electron chi connectivity index (χ1n) is 11.7. The molecule has 1 aliphatic heterocycles. The second-order valence-corrected chi connectivity index (χ2v) is 8.58. The first-order chi connectivity index (χ1) is 16.4. The molecule has 1 saturated heterocycles. The Bertz CT molecular complexity index is 1240. The lowest BCUT2D eigenvalue weighted by atomic mass is 10.0. The van der Waals surface area contributed by atoms with Gasteiger partial charge in [0, 0.05) is 35.4 Å². The van der Waals surface area contributed by atoms with Crippen molar-refractivity contribution in [2.24, 2.45) is 16.5 Å². The van der Waals surface area contributed by atoms with E-state index in [-0.39, 0.29) is 17.2 Å². The summed E-state index contributed by atoms with van der Waals surface area (Å²) in [5.41, 5.74) is 14.7. The fraction of sp³-hybridized carbons (Fsp3) is 0.417. The van der Waals surface area contributed by atoms with Gasteiger partial charge in [-0.1, -0.05) is 13.0 Å². The Morgan fingerprint density at radius 1 is 1.21 bits per heavy atom. The van der Waals surface area contributed by atoms with E-state index in [0.29, 0.717) is 18.1 Å². The zero-order chi connectivity index (χ0) is 24.2. The number of hydrogen-bond acceptors (Lipinski definition) is 7. The van der Waals surface area contributed by atoms with Crippen LogP contribution in [-0.4, -0.2) is 61.8 Å². The molecule has 0 bridgehead atoms. The summed E-state index contributed by atoms with van der Waals surface area (Å²) in [5.74, 6) is -0.0176. The van der Waals surface area contributed by atoms with E-state index >= 15 is 0 Å². The van der Waals surface area contributed by atoms with Crippen LogP contribution in [0.1, 0.15) is 44.5 Å². The highest BCUT2D eigenvalue weighted by Crippen LogP contribution is 2.30. The maximum absolute atomic E-state index is 14.6. The van der Waals surface area contributed by atoms with Gasteiger partial charge in [-0.15, -0.1) is 0 Å². The molecule has 0 aliphatic carbocycles. The molecular formula is C24H32FN9. The van der Waals surface area contributed by atoms with Crippen LogP contribution in [0.25, 0.3) is 28.0 Å². The van der Waals surface area contributed by atoms with Crippen molar-refractivity contribution in [3.63, 3.8) is 0 Å². The van der Waals surface area contributed by atoms with E-state index in [4.69, 9.17) is 11.5 Å². The van der Waals surface area contributed by atoms with Crippen molar-refractivity contribution in [2.75, 3.05) is 26.2 Å². The lowest BCUT2D eigenvalue weighted by Gasteiger charge is -2.26. The van der Waals surface area contributed by atoms with Gasteiger partial charge in [0.05, 0.1) is 18.3 Å². The molecule has 0 atom stereocenters. The van der Waals surface area contributed by atoms with Crippen molar-refractivity contribution in [1.82, 2.24) is 29.9 Å². The van der Waals surface area contributed by atoms with Gasteiger partial charge in [-0.2, -0.15) is 10.2 Å². The van der Waals surface area contributed by atoms with Crippen LogP contribution in [0.3, 0.4) is 0 Å². The number of likely N-dealkylation sites (tertiary alicyclic amines) is 1. The van der Waals surface area contributed by atoms with Crippen LogP contribution in [0, 0.1) is 0 Å². The summed E-state index contributed by atoms with van der Waals surface area (Å²) >= 11 is 0. The number of aromatic amines is 1. The number of allylic oxidation sites excluding steroid dienone is 2. The smallest absolute Gasteiger partial charge is 0.182 e. The van der Waals surface area contributed by atoms with E-state index in [0.717, 1.165) is 48.2 Å². The van der Waals surface area contributed by atoms with E-state index < -0.39 is 5.83 Å². The van der Waals surface area contributed by atoms with Crippen molar-refractivity contribution >= 4 is 22.3 Å². The summed E-state index contributed by atoms with van der Waals surface area (Å²) in [7, 11) is 0. The average molecular weight is 466 g/mol. The first-order valence-corrected chi connectivity index (χ1v) is 11.7. The summed E-state index contributed by atoms with van der Waals surface area (Å²) in [6, 6.07) is 3.87. The van der Waals surface area contributed by atoms with Gasteiger partial charge in [0.15, 0.2) is 17.5 Å². The molecule has 10 heteroatoms. The number of piperidine rings is 1. The van der Waals surface area contributed by atoms with Crippen LogP contribution in [0.5, 0.6) is 0 Å². The number of nitrogens with zero attached hydrogens (tertiary/aromatic N) is 6. The highest BCUT2D eigenvalue weighted by Gasteiger charge is 2.20. The predicted molar refractivity (Wildman–Crippen MR) is 134 cm³/mol. The molecule has 9 nitrogen and oxygen atoms in total. The predicted octanol–water partition coefficient (Wildman–Crippen LogP) is 3.21. The highest BCUT2D eigenvalue weighted by molar-refractivity contribution is 6.09. The highest BCUT2D eigenvalue weighted by atomic mass is 19.1. The van der Waals surface area contributed by atoms with Crippen LogP contribution in [-0.2, 0) is 6.54 Å². The third-order valence-corrected chi connectivity index (χ3v) is 6.03. The molecule has 0 amide bonds. The minimum Gasteiger partial charge on any atom is -0.400 e. The Hall–Kier alpha value is -3.53. The zero-order valence-electron chi connectivity index (χ0n) is 19.8. The Kier molecular flexibility index (Phi) is 7.06. The molecule has 3 heterocycles. The second-order valence-electron chi connectivity index (χ2n) is 8.58. The summed E-state index contributed by atoms with van der Waals surface area (Å²) in [6.07, 6.45) is 5.61. The molecule has 2 aromatic heterocycles. The van der Waals surface area contributed by atoms with E-state index in [1.165, 1.54) is 26.2 Å². The normalized spacial score (nSPS) is 16.1. The summed E-state index contributed by atoms with van der Waals surface area (Å²) in [6.45, 7) is 11.5. The van der Waals surface area contributed by atoms with E-state index in [9.17, 15) is 4.39 Å². The molecule has 180 valence electrons. The summed E-state index contributed by atoms with van der Waals surface area (Å²) in [4.78, 5) is 11.2. The Morgan fingerprint density at radius 2 is 1.97 bits per heavy atom. The molecule has 1 aliphatic rings. The molecule has 0 unspecified atom stereocenters. The number of hydrogen-bond donors (Lipinski definition) is 3. The van der Waals surface area contributed by atoms with Crippen LogP contribution in [0.15, 0.2) is 41.4 Å². The standard InChI is InChI=1S/C24H32FN9/c1-4-28-22(21(25)16(3)27)24-30-23(31-32-24)18-12-17(15(2)26)13-20-19(18)14-29-34(20)11-10-33-8-6-5-7-9-33/h12-14H,2,4-11,26-27H2,1,3H3,(H,30,31,32)/b21-16+,28-22?. The van der Waals surface area contributed by atoms with Gasteiger partial charge in [-0.3, -0.25) is 14.8 Å². The number of rotatable bonds is 8. The van der Waals surface area contributed by atoms with E-state index in [1.807, 2.05) is 29.9 Å². The lowest BCUT2D eigenvalue weighted by molar-refractivity contribution is 0.219. The quantitative estimate of drug-likeness (QED) is 0.439. The Balaban J connectivity index is 1.73. The molecular weight excluding hydrogens is 433 g/mol. The van der Waals surface area contributed by atoms with Gasteiger partial charge < -0.3 is 16.4 Å². The SMILES string of the molecule is C=C(N)c1cc(-c2n[nH]c(C(=NCC)/C(F)=C(/C)N)n2)c2cnn(CCN3CCCCC3)c2c1. The number of H-pyrrole nitrogens is 1. The molecule has 4 rings (SSSR count). The van der Waals surface area contributed by atoms with Crippen molar-refractivity contribution in [3.8, 4) is 11.4 Å². The molecule has 0 spiro atoms.